The molecule has 1 N–H and O–H groups in total. The fraction of sp³-hybridized carbons (Fsp3) is 0.375. The summed E-state index contributed by atoms with van der Waals surface area (Å²) in [5.41, 5.74) is 2.78. The maximum absolute atomic E-state index is 14.1. The second-order valence-electron chi connectivity index (χ2n) is 11.3. The summed E-state index contributed by atoms with van der Waals surface area (Å²) in [5.74, 6) is -0.158. The van der Waals surface area contributed by atoms with Crippen molar-refractivity contribution in [3.63, 3.8) is 0 Å². The quantitative estimate of drug-likeness (QED) is 0.212. The maximum Gasteiger partial charge on any atom is 0.407 e. The van der Waals surface area contributed by atoms with Crippen molar-refractivity contribution in [3.05, 3.63) is 104 Å². The molecule has 4 aromatic rings. The van der Waals surface area contributed by atoms with Gasteiger partial charge in [-0.15, -0.1) is 0 Å². The summed E-state index contributed by atoms with van der Waals surface area (Å²) in [4.78, 5) is 41.9. The summed E-state index contributed by atoms with van der Waals surface area (Å²) in [5, 5.41) is 7.21. The predicted molar refractivity (Wildman–Crippen MR) is 167 cm³/mol. The molecule has 2 aromatic carbocycles. The van der Waals surface area contributed by atoms with Gasteiger partial charge in [-0.25, -0.2) is 9.59 Å². The van der Waals surface area contributed by atoms with Gasteiger partial charge in [0.1, 0.15) is 5.60 Å². The zero-order valence-corrected chi connectivity index (χ0v) is 26.3. The molecule has 222 valence electrons. The topological polar surface area (TPSA) is 97.9 Å². The van der Waals surface area contributed by atoms with Crippen molar-refractivity contribution in [2.45, 2.75) is 65.6 Å². The zero-order valence-electron chi connectivity index (χ0n) is 24.8. The Hall–Kier alpha value is -3.92. The molecule has 0 saturated carbocycles. The van der Waals surface area contributed by atoms with Gasteiger partial charge < -0.3 is 15.0 Å². The van der Waals surface area contributed by atoms with Crippen LogP contribution in [0.25, 0.3) is 5.52 Å². The van der Waals surface area contributed by atoms with Gasteiger partial charge in [0, 0.05) is 28.8 Å². The number of hydrogen-bond donors (Lipinski definition) is 1. The van der Waals surface area contributed by atoms with Gasteiger partial charge in [-0.3, -0.25) is 9.36 Å². The van der Waals surface area contributed by atoms with Crippen LogP contribution < -0.4 is 11.0 Å². The van der Waals surface area contributed by atoms with Crippen LogP contribution in [0.2, 0.25) is 0 Å². The van der Waals surface area contributed by atoms with E-state index in [1.165, 1.54) is 4.52 Å². The lowest BCUT2D eigenvalue weighted by Gasteiger charge is -2.33. The third-order valence-electron chi connectivity index (χ3n) is 6.76. The van der Waals surface area contributed by atoms with Gasteiger partial charge in [0.15, 0.2) is 0 Å². The maximum atomic E-state index is 14.1. The summed E-state index contributed by atoms with van der Waals surface area (Å²) in [6.45, 7) is 10.3. The minimum atomic E-state index is -0.603. The van der Waals surface area contributed by atoms with Crippen LogP contribution in [0.5, 0.6) is 0 Å². The molecule has 0 aliphatic carbocycles. The Kier molecular flexibility index (Phi) is 9.88. The Bertz CT molecular complexity index is 1590. The van der Waals surface area contributed by atoms with E-state index in [0.29, 0.717) is 43.6 Å². The van der Waals surface area contributed by atoms with E-state index >= 15 is 0 Å². The van der Waals surface area contributed by atoms with Gasteiger partial charge in [-0.1, -0.05) is 53.2 Å². The lowest BCUT2D eigenvalue weighted by atomic mass is 10.0. The first-order valence-corrected chi connectivity index (χ1v) is 14.9. The number of halogens is 1. The highest BCUT2D eigenvalue weighted by molar-refractivity contribution is 9.10. The number of fused-ring (bicyclic) bond motifs is 1. The average Bonchev–Trinajstić information content (AvgIpc) is 3.32. The van der Waals surface area contributed by atoms with Crippen LogP contribution in [0.1, 0.15) is 73.9 Å². The Balaban J connectivity index is 1.73. The van der Waals surface area contributed by atoms with Crippen LogP contribution in [0.3, 0.4) is 0 Å². The molecule has 0 saturated heterocycles. The molecule has 2 aromatic heterocycles. The zero-order chi connectivity index (χ0) is 30.4. The SMILES string of the molecule is CC[C@H](c1cc2cc(C)nn2c(=O)n1Cc1ccccc1)N(CCCNC(=O)OC(C)(C)C)C(=O)c1ccc(Br)cc1. The smallest absolute Gasteiger partial charge is 0.407 e. The molecular formula is C32H38BrN5O4. The molecular weight excluding hydrogens is 598 g/mol. The fourth-order valence-electron chi connectivity index (χ4n) is 4.93. The first-order chi connectivity index (χ1) is 20.0. The largest absolute Gasteiger partial charge is 0.444 e. The van der Waals surface area contributed by atoms with Crippen LogP contribution in [0, 0.1) is 6.92 Å². The van der Waals surface area contributed by atoms with Crippen LogP contribution in [-0.2, 0) is 11.3 Å². The predicted octanol–water partition coefficient (Wildman–Crippen LogP) is 6.12. The van der Waals surface area contributed by atoms with Gasteiger partial charge in [0.05, 0.1) is 23.8 Å². The molecule has 0 bridgehead atoms. The number of nitrogens with zero attached hydrogens (tertiary/aromatic N) is 4. The van der Waals surface area contributed by atoms with Gasteiger partial charge in [0.25, 0.3) is 5.91 Å². The minimum Gasteiger partial charge on any atom is -0.444 e. The van der Waals surface area contributed by atoms with E-state index in [1.54, 1.807) is 21.6 Å². The summed E-state index contributed by atoms with van der Waals surface area (Å²) >= 11 is 3.45. The first kappa shape index (κ1) is 31.0. The number of ether oxygens (including phenoxy) is 1. The Morgan fingerprint density at radius 1 is 1.07 bits per heavy atom. The van der Waals surface area contributed by atoms with E-state index < -0.39 is 17.7 Å². The molecule has 2 heterocycles. The molecule has 42 heavy (non-hydrogen) atoms. The molecule has 9 nitrogen and oxygen atoms in total. The Morgan fingerprint density at radius 2 is 1.76 bits per heavy atom. The highest BCUT2D eigenvalue weighted by atomic mass is 79.9. The number of carbonyl (C=O) groups excluding carboxylic acids is 2. The standard InChI is InChI=1S/C32H38BrN5O4/c1-6-27(28-20-26-19-22(2)35-38(26)31(41)37(28)21-23-11-8-7-9-12-23)36(29(39)24-13-15-25(33)16-14-24)18-10-17-34-30(40)42-32(3,4)5/h7-9,11-16,19-20,27H,6,10,17-18,21H2,1-5H3,(H,34,40)/t27-/m1/s1. The van der Waals surface area contributed by atoms with Crippen LogP contribution >= 0.6 is 15.9 Å². The van der Waals surface area contributed by atoms with Crippen molar-refractivity contribution in [2.75, 3.05) is 13.1 Å². The number of hydrogen-bond acceptors (Lipinski definition) is 5. The highest BCUT2D eigenvalue weighted by Crippen LogP contribution is 2.28. The second-order valence-corrected chi connectivity index (χ2v) is 12.2. The molecule has 0 aliphatic heterocycles. The lowest BCUT2D eigenvalue weighted by molar-refractivity contribution is 0.0523. The molecule has 0 unspecified atom stereocenters. The molecule has 0 fully saturated rings. The van der Waals surface area contributed by atoms with Crippen molar-refractivity contribution in [3.8, 4) is 0 Å². The molecule has 2 amide bonds. The Morgan fingerprint density at radius 3 is 2.40 bits per heavy atom. The van der Waals surface area contributed by atoms with Crippen molar-refractivity contribution in [1.29, 1.82) is 0 Å². The fourth-order valence-corrected chi connectivity index (χ4v) is 5.20. The third-order valence-corrected chi connectivity index (χ3v) is 7.29. The number of aromatic nitrogens is 3. The summed E-state index contributed by atoms with van der Waals surface area (Å²) in [6.07, 6.45) is 0.562. The number of carbonyl (C=O) groups is 2. The van der Waals surface area contributed by atoms with E-state index in [1.807, 2.05) is 89.2 Å². The number of amides is 2. The van der Waals surface area contributed by atoms with Gasteiger partial charge in [0.2, 0.25) is 0 Å². The molecule has 4 rings (SSSR count). The lowest BCUT2D eigenvalue weighted by Crippen LogP contribution is -2.41. The Labute approximate surface area is 254 Å². The number of aryl methyl sites for hydroxylation is 1. The van der Waals surface area contributed by atoms with E-state index in [-0.39, 0.29) is 11.6 Å². The van der Waals surface area contributed by atoms with E-state index in [0.717, 1.165) is 21.4 Å². The van der Waals surface area contributed by atoms with Crippen LogP contribution in [0.4, 0.5) is 4.79 Å². The average molecular weight is 637 g/mol. The monoisotopic (exact) mass is 635 g/mol. The van der Waals surface area contributed by atoms with Crippen molar-refractivity contribution >= 4 is 33.4 Å². The van der Waals surface area contributed by atoms with Crippen molar-refractivity contribution in [2.24, 2.45) is 0 Å². The molecule has 0 spiro atoms. The van der Waals surface area contributed by atoms with Crippen LogP contribution in [-0.4, -0.2) is 49.8 Å². The normalized spacial score (nSPS) is 12.2. The van der Waals surface area contributed by atoms with Crippen molar-refractivity contribution in [1.82, 2.24) is 24.4 Å². The number of rotatable bonds is 10. The van der Waals surface area contributed by atoms with Gasteiger partial charge >= 0.3 is 11.8 Å². The summed E-state index contributed by atoms with van der Waals surface area (Å²) in [6, 6.07) is 20.4. The minimum absolute atomic E-state index is 0.158. The molecule has 0 aliphatic rings. The summed E-state index contributed by atoms with van der Waals surface area (Å²) < 4.78 is 9.36. The molecule has 0 radical (unpaired) electrons. The number of benzene rings is 2. The third kappa shape index (κ3) is 7.67. The summed E-state index contributed by atoms with van der Waals surface area (Å²) in [7, 11) is 0. The highest BCUT2D eigenvalue weighted by Gasteiger charge is 2.28. The molecule has 1 atom stereocenters. The second kappa shape index (κ2) is 13.4. The molecule has 10 heteroatoms. The van der Waals surface area contributed by atoms with Crippen LogP contribution in [0.15, 0.2) is 76.0 Å². The number of nitrogens with one attached hydrogen (secondary N) is 1. The first-order valence-electron chi connectivity index (χ1n) is 14.1. The van der Waals surface area contributed by atoms with E-state index in [4.69, 9.17) is 4.74 Å². The van der Waals surface area contributed by atoms with E-state index in [2.05, 4.69) is 26.3 Å². The van der Waals surface area contributed by atoms with E-state index in [9.17, 15) is 14.4 Å². The van der Waals surface area contributed by atoms with Gasteiger partial charge in [-0.05, 0) is 82.5 Å². The van der Waals surface area contributed by atoms with Gasteiger partial charge in [-0.2, -0.15) is 9.61 Å². The number of alkyl carbamates (subject to hydrolysis) is 1. The van der Waals surface area contributed by atoms with Crippen molar-refractivity contribution < 1.29 is 14.3 Å².